The highest BCUT2D eigenvalue weighted by molar-refractivity contribution is 9.10. The van der Waals surface area contributed by atoms with Gasteiger partial charge >= 0.3 is 0 Å². The number of aromatic amines is 1. The average molecular weight is 519 g/mol. The Morgan fingerprint density at radius 1 is 1.24 bits per heavy atom. The monoisotopic (exact) mass is 518 g/mol. The summed E-state index contributed by atoms with van der Waals surface area (Å²) in [6, 6.07) is 6.12. The van der Waals surface area contributed by atoms with Crippen LogP contribution in [0.3, 0.4) is 0 Å². The first-order valence-electron chi connectivity index (χ1n) is 9.39. The van der Waals surface area contributed by atoms with E-state index in [0.29, 0.717) is 32.6 Å². The van der Waals surface area contributed by atoms with Crippen molar-refractivity contribution in [1.29, 1.82) is 10.8 Å². The molecule has 8 nitrogen and oxygen atoms in total. The molecule has 0 unspecified atom stereocenters. The molecule has 3 aromatic rings. The normalized spacial score (nSPS) is 12.2. The number of halogens is 4. The van der Waals surface area contributed by atoms with Crippen LogP contribution in [0.25, 0.3) is 11.1 Å². The quantitative estimate of drug-likeness (QED) is 0.204. The summed E-state index contributed by atoms with van der Waals surface area (Å²) in [4.78, 5) is 14.2. The van der Waals surface area contributed by atoms with Crippen LogP contribution < -0.4 is 11.1 Å². The predicted octanol–water partition coefficient (Wildman–Crippen LogP) is 4.81. The third kappa shape index (κ3) is 5.52. The van der Waals surface area contributed by atoms with Gasteiger partial charge in [-0.3, -0.25) is 5.41 Å². The summed E-state index contributed by atoms with van der Waals surface area (Å²) in [6.45, 7) is 0. The second-order valence-electron chi connectivity index (χ2n) is 6.61. The second kappa shape index (κ2) is 10.7. The van der Waals surface area contributed by atoms with Crippen molar-refractivity contribution in [3.8, 4) is 11.1 Å². The van der Waals surface area contributed by atoms with E-state index in [4.69, 9.17) is 16.6 Å². The van der Waals surface area contributed by atoms with Gasteiger partial charge in [-0.05, 0) is 33.6 Å². The van der Waals surface area contributed by atoms with Gasteiger partial charge in [0.15, 0.2) is 5.82 Å². The fourth-order valence-electron chi connectivity index (χ4n) is 2.92. The first-order valence-corrected chi connectivity index (χ1v) is 10.2. The van der Waals surface area contributed by atoms with Crippen LogP contribution in [0.2, 0.25) is 0 Å². The van der Waals surface area contributed by atoms with Crippen molar-refractivity contribution in [2.45, 2.75) is 12.8 Å². The highest BCUT2D eigenvalue weighted by atomic mass is 79.9. The zero-order chi connectivity index (χ0) is 24.0. The molecule has 2 aromatic heterocycles. The van der Waals surface area contributed by atoms with Gasteiger partial charge in [0.1, 0.15) is 18.0 Å². The zero-order valence-corrected chi connectivity index (χ0v) is 18.5. The number of nitrogens with two attached hydrogens (primary N) is 1. The van der Waals surface area contributed by atoms with Crippen molar-refractivity contribution >= 4 is 40.0 Å². The van der Waals surface area contributed by atoms with Crippen LogP contribution in [0.15, 0.2) is 57.9 Å². The number of anilines is 1. The van der Waals surface area contributed by atoms with Crippen LogP contribution in [0, 0.1) is 16.6 Å². The molecule has 0 fully saturated rings. The molecule has 0 spiro atoms. The zero-order valence-electron chi connectivity index (χ0n) is 16.9. The minimum Gasteiger partial charge on any atom is -0.382 e. The van der Waals surface area contributed by atoms with E-state index >= 15 is 0 Å². The average Bonchev–Trinajstić information content (AvgIpc) is 3.13. The minimum absolute atomic E-state index is 0.0187. The first kappa shape index (κ1) is 23.9. The molecule has 6 N–H and O–H groups in total. The van der Waals surface area contributed by atoms with Gasteiger partial charge in [-0.15, -0.1) is 0 Å². The summed E-state index contributed by atoms with van der Waals surface area (Å²) >= 11 is 3.49. The summed E-state index contributed by atoms with van der Waals surface area (Å²) in [5.41, 5.74) is 8.47. The van der Waals surface area contributed by atoms with Crippen molar-refractivity contribution < 1.29 is 13.2 Å². The number of rotatable bonds is 9. The molecule has 2 heterocycles. The molecule has 0 saturated carbocycles. The SMILES string of the molecule is N=C/N=C(/N)c1[nH]c(C/C(C=N)=C/Nc2ccccc2F)c(Br)c1-c1cnc(C(F)F)nc1. The Kier molecular flexibility index (Phi) is 7.72. The Morgan fingerprint density at radius 2 is 1.94 bits per heavy atom. The number of hydrogen-bond donors (Lipinski definition) is 5. The lowest BCUT2D eigenvalue weighted by atomic mass is 10.1. The fraction of sp³-hybridized carbons (Fsp3) is 0.0952. The van der Waals surface area contributed by atoms with E-state index in [9.17, 15) is 13.2 Å². The number of amidine groups is 1. The topological polar surface area (TPSA) is 140 Å². The summed E-state index contributed by atoms with van der Waals surface area (Å²) < 4.78 is 40.0. The fourth-order valence-corrected chi connectivity index (χ4v) is 3.59. The molecule has 0 saturated heterocycles. The highest BCUT2D eigenvalue weighted by Gasteiger charge is 2.21. The smallest absolute Gasteiger partial charge is 0.297 e. The third-order valence-electron chi connectivity index (χ3n) is 4.48. The number of H-pyrrole nitrogens is 1. The molecule has 0 atom stereocenters. The van der Waals surface area contributed by atoms with Crippen molar-refractivity contribution in [3.63, 3.8) is 0 Å². The minimum atomic E-state index is -2.81. The van der Waals surface area contributed by atoms with Crippen LogP contribution in [0.4, 0.5) is 18.9 Å². The molecule has 33 heavy (non-hydrogen) atoms. The standard InChI is InChI=1S/C21H18BrF3N8/c22-17-15(5-11(6-26)7-29-14-4-2-1-3-13(14)23)33-18(20(28)32-10-27)16(17)12-8-30-21(19(24)25)31-9-12/h1-4,6-10,19,26,29,33H,5H2,(H3,27,28,32)/b11-7-,26-6?. The van der Waals surface area contributed by atoms with E-state index in [-0.39, 0.29) is 17.9 Å². The molecule has 1 aromatic carbocycles. The Labute approximate surface area is 195 Å². The van der Waals surface area contributed by atoms with Crippen molar-refractivity contribution in [2.24, 2.45) is 10.7 Å². The third-order valence-corrected chi connectivity index (χ3v) is 5.35. The molecule has 0 aliphatic rings. The Hall–Kier alpha value is -3.80. The molecule has 0 aliphatic carbocycles. The maximum absolute atomic E-state index is 13.9. The van der Waals surface area contributed by atoms with E-state index < -0.39 is 18.1 Å². The maximum atomic E-state index is 13.9. The number of hydrogen-bond acceptors (Lipinski definition) is 5. The van der Waals surface area contributed by atoms with Gasteiger partial charge in [0.2, 0.25) is 0 Å². The Bertz CT molecular complexity index is 1220. The lowest BCUT2D eigenvalue weighted by molar-refractivity contribution is 0.140. The summed E-state index contributed by atoms with van der Waals surface area (Å²) in [6.07, 6.45) is 3.23. The van der Waals surface area contributed by atoms with Gasteiger partial charge in [0.25, 0.3) is 6.43 Å². The number of allylic oxidation sites excluding steroid dienone is 1. The predicted molar refractivity (Wildman–Crippen MR) is 125 cm³/mol. The molecule has 0 amide bonds. The summed E-state index contributed by atoms with van der Waals surface area (Å²) in [7, 11) is 0. The molecule has 0 bridgehead atoms. The number of nitrogens with zero attached hydrogens (tertiary/aromatic N) is 3. The first-order chi connectivity index (χ1) is 15.8. The van der Waals surface area contributed by atoms with E-state index in [2.05, 4.69) is 41.2 Å². The molecular weight excluding hydrogens is 501 g/mol. The number of alkyl halides is 2. The van der Waals surface area contributed by atoms with E-state index in [0.717, 1.165) is 12.6 Å². The number of benzene rings is 1. The molecule has 170 valence electrons. The molecular formula is C21H18BrF3N8. The van der Waals surface area contributed by atoms with Gasteiger partial charge in [-0.2, -0.15) is 0 Å². The summed E-state index contributed by atoms with van der Waals surface area (Å²) in [5.74, 6) is -1.07. The number of para-hydroxylation sites is 1. The molecule has 12 heteroatoms. The number of aliphatic imine (C=N–C) groups is 1. The highest BCUT2D eigenvalue weighted by Crippen LogP contribution is 2.35. The Balaban J connectivity index is 2.00. The van der Waals surface area contributed by atoms with Crippen molar-refractivity contribution in [2.75, 3.05) is 5.32 Å². The largest absolute Gasteiger partial charge is 0.382 e. The van der Waals surface area contributed by atoms with Crippen LogP contribution in [-0.4, -0.2) is 33.3 Å². The Morgan fingerprint density at radius 3 is 2.55 bits per heavy atom. The van der Waals surface area contributed by atoms with Gasteiger partial charge < -0.3 is 21.4 Å². The summed E-state index contributed by atoms with van der Waals surface area (Å²) in [5, 5.41) is 17.7. The maximum Gasteiger partial charge on any atom is 0.297 e. The van der Waals surface area contributed by atoms with Crippen LogP contribution in [-0.2, 0) is 6.42 Å². The van der Waals surface area contributed by atoms with Crippen LogP contribution in [0.5, 0.6) is 0 Å². The lowest BCUT2D eigenvalue weighted by Crippen LogP contribution is -2.15. The van der Waals surface area contributed by atoms with Crippen LogP contribution >= 0.6 is 15.9 Å². The van der Waals surface area contributed by atoms with Crippen molar-refractivity contribution in [1.82, 2.24) is 15.0 Å². The van der Waals surface area contributed by atoms with E-state index in [1.165, 1.54) is 24.7 Å². The van der Waals surface area contributed by atoms with Gasteiger partial charge in [-0.25, -0.2) is 28.1 Å². The van der Waals surface area contributed by atoms with Gasteiger partial charge in [0, 0.05) is 52.5 Å². The number of nitrogens with one attached hydrogen (secondary N) is 4. The number of aromatic nitrogens is 3. The second-order valence-corrected chi connectivity index (χ2v) is 7.40. The molecule has 3 rings (SSSR count). The molecule has 0 radical (unpaired) electrons. The van der Waals surface area contributed by atoms with Crippen LogP contribution in [0.1, 0.15) is 23.6 Å². The van der Waals surface area contributed by atoms with Crippen molar-refractivity contribution in [3.05, 3.63) is 75.9 Å². The molecule has 0 aliphatic heterocycles. The van der Waals surface area contributed by atoms with E-state index in [1.54, 1.807) is 18.2 Å². The van der Waals surface area contributed by atoms with Gasteiger partial charge in [-0.1, -0.05) is 12.1 Å². The van der Waals surface area contributed by atoms with Gasteiger partial charge in [0.05, 0.1) is 11.4 Å². The van der Waals surface area contributed by atoms with E-state index in [1.807, 2.05) is 0 Å². The lowest BCUT2D eigenvalue weighted by Gasteiger charge is -2.06.